The first-order valence-corrected chi connectivity index (χ1v) is 9.20. The van der Waals surface area contributed by atoms with E-state index < -0.39 is 12.1 Å². The van der Waals surface area contributed by atoms with E-state index in [-0.39, 0.29) is 24.5 Å². The first kappa shape index (κ1) is 19.7. The van der Waals surface area contributed by atoms with E-state index in [1.54, 1.807) is 31.2 Å². The summed E-state index contributed by atoms with van der Waals surface area (Å²) < 4.78 is 5.32. The van der Waals surface area contributed by atoms with Crippen molar-refractivity contribution in [3.05, 3.63) is 40.9 Å². The van der Waals surface area contributed by atoms with E-state index in [1.807, 2.05) is 13.0 Å². The van der Waals surface area contributed by atoms with Crippen molar-refractivity contribution in [2.45, 2.75) is 45.6 Å². The molecule has 0 aliphatic heterocycles. The maximum Gasteiger partial charge on any atom is 0.307 e. The SMILES string of the molecule is CCC[C@H](OC(=O)CCC(=O)Nc1nnc(C)s1)C(=O)c1ccccc1. The largest absolute Gasteiger partial charge is 0.454 e. The molecule has 1 N–H and O–H groups in total. The molecule has 0 aliphatic rings. The molecule has 0 unspecified atom stereocenters. The Morgan fingerprint density at radius 3 is 2.50 bits per heavy atom. The average molecular weight is 375 g/mol. The van der Waals surface area contributed by atoms with Gasteiger partial charge in [0.05, 0.1) is 6.42 Å². The van der Waals surface area contributed by atoms with Gasteiger partial charge in [-0.25, -0.2) is 0 Å². The highest BCUT2D eigenvalue weighted by Gasteiger charge is 2.23. The summed E-state index contributed by atoms with van der Waals surface area (Å²) in [6, 6.07) is 8.72. The second-order valence-electron chi connectivity index (χ2n) is 5.67. The molecule has 8 heteroatoms. The second-order valence-corrected chi connectivity index (χ2v) is 6.85. The standard InChI is InChI=1S/C18H21N3O4S/c1-3-7-14(17(24)13-8-5-4-6-9-13)25-16(23)11-10-15(22)19-18-21-20-12(2)26-18/h4-6,8-9,14H,3,7,10-11H2,1-2H3,(H,19,21,22)/t14-/m0/s1. The molecule has 7 nitrogen and oxygen atoms in total. The maximum atomic E-state index is 12.5. The number of carbonyl (C=O) groups excluding carboxylic acids is 3. The summed E-state index contributed by atoms with van der Waals surface area (Å²) in [6.07, 6.45) is 0.161. The summed E-state index contributed by atoms with van der Waals surface area (Å²) in [5.41, 5.74) is 0.503. The lowest BCUT2D eigenvalue weighted by Crippen LogP contribution is -2.28. The van der Waals surface area contributed by atoms with Crippen molar-refractivity contribution in [3.63, 3.8) is 0 Å². The van der Waals surface area contributed by atoms with Gasteiger partial charge in [-0.15, -0.1) is 10.2 Å². The van der Waals surface area contributed by atoms with E-state index in [2.05, 4.69) is 15.5 Å². The molecule has 0 spiro atoms. The molecular formula is C18H21N3O4S. The molecule has 2 rings (SSSR count). The molecular weight excluding hydrogens is 354 g/mol. The summed E-state index contributed by atoms with van der Waals surface area (Å²) in [5.74, 6) is -1.15. The second kappa shape index (κ2) is 9.76. The maximum absolute atomic E-state index is 12.5. The van der Waals surface area contributed by atoms with E-state index >= 15 is 0 Å². The van der Waals surface area contributed by atoms with Crippen molar-refractivity contribution in [2.75, 3.05) is 5.32 Å². The van der Waals surface area contributed by atoms with Crippen molar-refractivity contribution in [1.29, 1.82) is 0 Å². The van der Waals surface area contributed by atoms with Crippen LogP contribution in [0.25, 0.3) is 0 Å². The lowest BCUT2D eigenvalue weighted by atomic mass is 10.0. The fourth-order valence-electron chi connectivity index (χ4n) is 2.26. The van der Waals surface area contributed by atoms with Crippen LogP contribution in [0.4, 0.5) is 5.13 Å². The third-order valence-electron chi connectivity index (χ3n) is 3.50. The monoisotopic (exact) mass is 375 g/mol. The van der Waals surface area contributed by atoms with Gasteiger partial charge < -0.3 is 10.1 Å². The van der Waals surface area contributed by atoms with Gasteiger partial charge in [-0.2, -0.15) is 0 Å². The fourth-order valence-corrected chi connectivity index (χ4v) is 2.86. The fraction of sp³-hybridized carbons (Fsp3) is 0.389. The third-order valence-corrected chi connectivity index (χ3v) is 4.26. The van der Waals surface area contributed by atoms with Crippen molar-refractivity contribution >= 4 is 34.1 Å². The number of anilines is 1. The van der Waals surface area contributed by atoms with Crippen molar-refractivity contribution < 1.29 is 19.1 Å². The molecule has 0 fully saturated rings. The number of ether oxygens (including phenoxy) is 1. The molecule has 0 aliphatic carbocycles. The van der Waals surface area contributed by atoms with Gasteiger partial charge in [0.1, 0.15) is 5.01 Å². The predicted molar refractivity (Wildman–Crippen MR) is 98.1 cm³/mol. The molecule has 0 saturated heterocycles. The van der Waals surface area contributed by atoms with Gasteiger partial charge in [-0.3, -0.25) is 14.4 Å². The Hall–Kier alpha value is -2.61. The van der Waals surface area contributed by atoms with Crippen LogP contribution in [0, 0.1) is 6.92 Å². The summed E-state index contributed by atoms with van der Waals surface area (Å²) in [5, 5.41) is 11.3. The minimum absolute atomic E-state index is 0.0458. The highest BCUT2D eigenvalue weighted by atomic mass is 32.1. The summed E-state index contributed by atoms with van der Waals surface area (Å²) in [6.45, 7) is 3.69. The molecule has 2 aromatic rings. The number of hydrogen-bond donors (Lipinski definition) is 1. The van der Waals surface area contributed by atoms with Crippen LogP contribution in [-0.2, 0) is 14.3 Å². The number of amides is 1. The minimum Gasteiger partial charge on any atom is -0.454 e. The topological polar surface area (TPSA) is 98.2 Å². The third kappa shape index (κ3) is 6.03. The lowest BCUT2D eigenvalue weighted by Gasteiger charge is -2.16. The average Bonchev–Trinajstić information content (AvgIpc) is 3.04. The number of nitrogens with one attached hydrogen (secondary N) is 1. The van der Waals surface area contributed by atoms with Crippen molar-refractivity contribution in [2.24, 2.45) is 0 Å². The van der Waals surface area contributed by atoms with Gasteiger partial charge in [0.25, 0.3) is 0 Å². The molecule has 0 bridgehead atoms. The molecule has 1 amide bonds. The van der Waals surface area contributed by atoms with Crippen LogP contribution in [0.1, 0.15) is 48.0 Å². The molecule has 0 radical (unpaired) electrons. The van der Waals surface area contributed by atoms with Gasteiger partial charge in [-0.1, -0.05) is 55.0 Å². The first-order chi connectivity index (χ1) is 12.5. The van der Waals surface area contributed by atoms with Gasteiger partial charge in [0.2, 0.25) is 16.8 Å². The van der Waals surface area contributed by atoms with Crippen molar-refractivity contribution in [3.8, 4) is 0 Å². The summed E-state index contributed by atoms with van der Waals surface area (Å²) in [4.78, 5) is 36.4. The van der Waals surface area contributed by atoms with E-state index in [0.717, 1.165) is 5.01 Å². The Labute approximate surface area is 155 Å². The molecule has 26 heavy (non-hydrogen) atoms. The Morgan fingerprint density at radius 2 is 1.88 bits per heavy atom. The number of nitrogens with zero attached hydrogens (tertiary/aromatic N) is 2. The number of rotatable bonds is 9. The summed E-state index contributed by atoms with van der Waals surface area (Å²) in [7, 11) is 0. The normalized spacial score (nSPS) is 11.6. The quantitative estimate of drug-likeness (QED) is 0.534. The highest BCUT2D eigenvalue weighted by molar-refractivity contribution is 7.15. The van der Waals surface area contributed by atoms with Crippen LogP contribution >= 0.6 is 11.3 Å². The number of carbonyl (C=O) groups is 3. The Bertz CT molecular complexity index is 761. The highest BCUT2D eigenvalue weighted by Crippen LogP contribution is 2.15. The lowest BCUT2D eigenvalue weighted by molar-refractivity contribution is -0.148. The molecule has 1 heterocycles. The van der Waals surface area contributed by atoms with E-state index in [1.165, 1.54) is 11.3 Å². The van der Waals surface area contributed by atoms with Crippen molar-refractivity contribution in [1.82, 2.24) is 10.2 Å². The van der Waals surface area contributed by atoms with Crippen LogP contribution in [0.3, 0.4) is 0 Å². The molecule has 0 saturated carbocycles. The zero-order valence-electron chi connectivity index (χ0n) is 14.7. The summed E-state index contributed by atoms with van der Waals surface area (Å²) >= 11 is 1.25. The molecule has 1 aromatic carbocycles. The van der Waals surface area contributed by atoms with Crippen LogP contribution in [0.15, 0.2) is 30.3 Å². The van der Waals surface area contributed by atoms with E-state index in [0.29, 0.717) is 23.5 Å². The zero-order valence-corrected chi connectivity index (χ0v) is 15.5. The van der Waals surface area contributed by atoms with Gasteiger partial charge in [-0.05, 0) is 13.3 Å². The number of ketones is 1. The van der Waals surface area contributed by atoms with Crippen LogP contribution in [0.5, 0.6) is 0 Å². The van der Waals surface area contributed by atoms with Crippen LogP contribution in [-0.4, -0.2) is 34.0 Å². The first-order valence-electron chi connectivity index (χ1n) is 8.38. The number of benzene rings is 1. The van der Waals surface area contributed by atoms with E-state index in [9.17, 15) is 14.4 Å². The molecule has 1 aromatic heterocycles. The number of esters is 1. The Kier molecular flexibility index (Phi) is 7.40. The Balaban J connectivity index is 1.85. The van der Waals surface area contributed by atoms with E-state index in [4.69, 9.17) is 4.74 Å². The predicted octanol–water partition coefficient (Wildman–Crippen LogP) is 3.16. The van der Waals surface area contributed by atoms with Crippen LogP contribution in [0.2, 0.25) is 0 Å². The van der Waals surface area contributed by atoms with Gasteiger partial charge in [0, 0.05) is 12.0 Å². The smallest absolute Gasteiger partial charge is 0.307 e. The molecule has 1 atom stereocenters. The van der Waals surface area contributed by atoms with Crippen LogP contribution < -0.4 is 5.32 Å². The Morgan fingerprint density at radius 1 is 1.15 bits per heavy atom. The number of aryl methyl sites for hydroxylation is 1. The number of aromatic nitrogens is 2. The minimum atomic E-state index is -0.830. The zero-order chi connectivity index (χ0) is 18.9. The van der Waals surface area contributed by atoms with Gasteiger partial charge in [0.15, 0.2) is 6.10 Å². The number of hydrogen-bond acceptors (Lipinski definition) is 7. The molecule has 138 valence electrons. The van der Waals surface area contributed by atoms with Gasteiger partial charge >= 0.3 is 5.97 Å². The number of Topliss-reactive ketones (excluding diaryl/α,β-unsaturated/α-hetero) is 1.